The molecule has 0 radical (unpaired) electrons. The topological polar surface area (TPSA) is 45.3 Å². The van der Waals surface area contributed by atoms with Crippen LogP contribution in [0.5, 0.6) is 0 Å². The molecule has 4 nitrogen and oxygen atoms in total. The summed E-state index contributed by atoms with van der Waals surface area (Å²) in [5, 5.41) is 1.13. The maximum Gasteiger partial charge on any atom is 0.226 e. The molecule has 0 aliphatic carbocycles. The summed E-state index contributed by atoms with van der Waals surface area (Å²) < 4.78 is 5.58. The van der Waals surface area contributed by atoms with Crippen molar-refractivity contribution in [3.8, 4) is 0 Å². The molecule has 1 aromatic carbocycles. The van der Waals surface area contributed by atoms with E-state index in [0.717, 1.165) is 35.9 Å². The van der Waals surface area contributed by atoms with Gasteiger partial charge in [0.25, 0.3) is 0 Å². The molecule has 1 amide bonds. The fraction of sp³-hybridized carbons (Fsp3) is 0.438. The molecule has 1 aromatic heterocycles. The summed E-state index contributed by atoms with van der Waals surface area (Å²) in [6, 6.07) is 8.07. The van der Waals surface area contributed by atoms with E-state index in [9.17, 15) is 4.79 Å². The monoisotopic (exact) mass is 272 g/mol. The molecule has 0 spiro atoms. The smallest absolute Gasteiger partial charge is 0.226 e. The number of fused-ring (bicyclic) bond motifs is 1. The summed E-state index contributed by atoms with van der Waals surface area (Å²) in [4.78, 5) is 17.3. The number of hydrogen-bond donors (Lipinski definition) is 1. The van der Waals surface area contributed by atoms with Gasteiger partial charge in [0, 0.05) is 37.3 Å². The Labute approximate surface area is 118 Å². The van der Waals surface area contributed by atoms with Gasteiger partial charge in [0.1, 0.15) is 0 Å². The van der Waals surface area contributed by atoms with Gasteiger partial charge in [0.05, 0.1) is 12.5 Å². The van der Waals surface area contributed by atoms with Gasteiger partial charge in [-0.2, -0.15) is 0 Å². The van der Waals surface area contributed by atoms with Crippen LogP contribution < -0.4 is 0 Å². The lowest BCUT2D eigenvalue weighted by molar-refractivity contribution is -0.130. The minimum atomic E-state index is 0.144. The van der Waals surface area contributed by atoms with Crippen molar-refractivity contribution in [2.24, 2.45) is 0 Å². The Morgan fingerprint density at radius 3 is 3.10 bits per heavy atom. The number of hydrogen-bond acceptors (Lipinski definition) is 2. The van der Waals surface area contributed by atoms with E-state index in [-0.39, 0.29) is 12.0 Å². The molecule has 2 heterocycles. The number of benzene rings is 1. The van der Waals surface area contributed by atoms with Crippen LogP contribution in [0.1, 0.15) is 18.4 Å². The molecule has 1 aliphatic heterocycles. The zero-order valence-electron chi connectivity index (χ0n) is 11.8. The molecule has 3 rings (SSSR count). The number of H-pyrrole nitrogens is 1. The van der Waals surface area contributed by atoms with Gasteiger partial charge in [0.2, 0.25) is 5.91 Å². The third kappa shape index (κ3) is 2.70. The van der Waals surface area contributed by atoms with Crippen molar-refractivity contribution in [2.75, 3.05) is 20.2 Å². The van der Waals surface area contributed by atoms with Crippen molar-refractivity contribution in [3.05, 3.63) is 36.0 Å². The highest BCUT2D eigenvalue weighted by molar-refractivity contribution is 5.88. The molecule has 1 N–H and O–H groups in total. The van der Waals surface area contributed by atoms with Crippen molar-refractivity contribution < 1.29 is 9.53 Å². The summed E-state index contributed by atoms with van der Waals surface area (Å²) in [6.07, 6.45) is 4.75. The molecular formula is C16H20N2O2. The lowest BCUT2D eigenvalue weighted by atomic mass is 10.1. The molecule has 1 saturated heterocycles. The number of carbonyl (C=O) groups excluding carboxylic acids is 1. The van der Waals surface area contributed by atoms with E-state index >= 15 is 0 Å². The Balaban J connectivity index is 1.65. The molecular weight excluding hydrogens is 252 g/mol. The first-order chi connectivity index (χ1) is 9.74. The Kier molecular flexibility index (Phi) is 3.74. The highest BCUT2D eigenvalue weighted by Crippen LogP contribution is 2.19. The van der Waals surface area contributed by atoms with E-state index in [1.165, 1.54) is 0 Å². The SMILES string of the molecule is CN(CC1CCCO1)C(=O)Cc1c[nH]c2ccccc12. The van der Waals surface area contributed by atoms with Crippen molar-refractivity contribution in [1.29, 1.82) is 0 Å². The Morgan fingerprint density at radius 1 is 1.45 bits per heavy atom. The number of rotatable bonds is 4. The number of likely N-dealkylation sites (N-methyl/N-ethyl adjacent to an activating group) is 1. The normalized spacial score (nSPS) is 18.6. The minimum absolute atomic E-state index is 0.144. The number of amides is 1. The molecule has 20 heavy (non-hydrogen) atoms. The van der Waals surface area contributed by atoms with Crippen LogP contribution in [-0.4, -0.2) is 42.1 Å². The van der Waals surface area contributed by atoms with Crippen LogP contribution in [0.15, 0.2) is 30.5 Å². The van der Waals surface area contributed by atoms with Crippen LogP contribution in [0.4, 0.5) is 0 Å². The molecule has 1 fully saturated rings. The van der Waals surface area contributed by atoms with Gasteiger partial charge in [-0.1, -0.05) is 18.2 Å². The lowest BCUT2D eigenvalue weighted by Crippen LogP contribution is -2.35. The van der Waals surface area contributed by atoms with Gasteiger partial charge >= 0.3 is 0 Å². The number of nitrogens with one attached hydrogen (secondary N) is 1. The van der Waals surface area contributed by atoms with Crippen LogP contribution in [0.2, 0.25) is 0 Å². The lowest BCUT2D eigenvalue weighted by Gasteiger charge is -2.20. The fourth-order valence-electron chi connectivity index (χ4n) is 2.77. The van der Waals surface area contributed by atoms with Crippen molar-refractivity contribution in [1.82, 2.24) is 9.88 Å². The van der Waals surface area contributed by atoms with Gasteiger partial charge in [-0.15, -0.1) is 0 Å². The third-order valence-corrected chi connectivity index (χ3v) is 3.94. The average molecular weight is 272 g/mol. The van der Waals surface area contributed by atoms with E-state index in [4.69, 9.17) is 4.74 Å². The first kappa shape index (κ1) is 13.2. The first-order valence-corrected chi connectivity index (χ1v) is 7.14. The molecule has 0 saturated carbocycles. The Bertz CT molecular complexity index is 599. The maximum absolute atomic E-state index is 12.3. The predicted octanol–water partition coefficient (Wildman–Crippen LogP) is 2.35. The number of aromatic nitrogens is 1. The second-order valence-electron chi connectivity index (χ2n) is 5.45. The molecule has 106 valence electrons. The number of para-hydroxylation sites is 1. The van der Waals surface area contributed by atoms with Gasteiger partial charge in [-0.3, -0.25) is 4.79 Å². The quantitative estimate of drug-likeness (QED) is 0.928. The molecule has 2 aromatic rings. The van der Waals surface area contributed by atoms with E-state index in [1.54, 1.807) is 4.90 Å². The first-order valence-electron chi connectivity index (χ1n) is 7.14. The summed E-state index contributed by atoms with van der Waals surface area (Å²) in [7, 11) is 1.86. The maximum atomic E-state index is 12.3. The largest absolute Gasteiger partial charge is 0.376 e. The van der Waals surface area contributed by atoms with Crippen molar-refractivity contribution >= 4 is 16.8 Å². The van der Waals surface area contributed by atoms with E-state index in [2.05, 4.69) is 11.1 Å². The standard InChI is InChI=1S/C16H20N2O2/c1-18(11-13-5-4-8-20-13)16(19)9-12-10-17-15-7-3-2-6-14(12)15/h2-3,6-7,10,13,17H,4-5,8-9,11H2,1H3. The van der Waals surface area contributed by atoms with Crippen LogP contribution in [0.3, 0.4) is 0 Å². The second-order valence-corrected chi connectivity index (χ2v) is 5.45. The van der Waals surface area contributed by atoms with Gasteiger partial charge in [-0.25, -0.2) is 0 Å². The predicted molar refractivity (Wildman–Crippen MR) is 78.6 cm³/mol. The van der Waals surface area contributed by atoms with Crippen molar-refractivity contribution in [2.45, 2.75) is 25.4 Å². The summed E-state index contributed by atoms with van der Waals surface area (Å²) in [6.45, 7) is 1.52. The van der Waals surface area contributed by atoms with Crippen molar-refractivity contribution in [3.63, 3.8) is 0 Å². The molecule has 0 bridgehead atoms. The second kappa shape index (κ2) is 5.67. The van der Waals surface area contributed by atoms with Crippen LogP contribution in [-0.2, 0) is 16.0 Å². The molecule has 1 aliphatic rings. The Hall–Kier alpha value is -1.81. The minimum Gasteiger partial charge on any atom is -0.376 e. The van der Waals surface area contributed by atoms with Gasteiger partial charge in [0.15, 0.2) is 0 Å². The summed E-state index contributed by atoms with van der Waals surface area (Å²) in [5.74, 6) is 0.144. The number of aromatic amines is 1. The van der Waals surface area contributed by atoms with Crippen LogP contribution in [0, 0.1) is 0 Å². The number of carbonyl (C=O) groups is 1. The van der Waals surface area contributed by atoms with E-state index in [0.29, 0.717) is 13.0 Å². The number of nitrogens with zero attached hydrogens (tertiary/aromatic N) is 1. The average Bonchev–Trinajstić information content (AvgIpc) is 3.09. The fourth-order valence-corrected chi connectivity index (χ4v) is 2.77. The third-order valence-electron chi connectivity index (χ3n) is 3.94. The van der Waals surface area contributed by atoms with Crippen LogP contribution in [0.25, 0.3) is 10.9 Å². The zero-order chi connectivity index (χ0) is 13.9. The Morgan fingerprint density at radius 2 is 2.30 bits per heavy atom. The molecule has 4 heteroatoms. The zero-order valence-corrected chi connectivity index (χ0v) is 11.8. The summed E-state index contributed by atoms with van der Waals surface area (Å²) >= 11 is 0. The number of ether oxygens (including phenoxy) is 1. The summed E-state index contributed by atoms with van der Waals surface area (Å²) in [5.41, 5.74) is 2.14. The molecule has 1 atom stereocenters. The van der Waals surface area contributed by atoms with E-state index < -0.39 is 0 Å². The van der Waals surface area contributed by atoms with Crippen LogP contribution >= 0.6 is 0 Å². The molecule has 1 unspecified atom stereocenters. The van der Waals surface area contributed by atoms with E-state index in [1.807, 2.05) is 31.4 Å². The highest BCUT2D eigenvalue weighted by Gasteiger charge is 2.20. The highest BCUT2D eigenvalue weighted by atomic mass is 16.5. The van der Waals surface area contributed by atoms with Gasteiger partial charge in [-0.05, 0) is 24.5 Å². The van der Waals surface area contributed by atoms with Gasteiger partial charge < -0.3 is 14.6 Å².